The highest BCUT2D eigenvalue weighted by Gasteiger charge is 2.30. The van der Waals surface area contributed by atoms with E-state index in [4.69, 9.17) is 10.7 Å². The summed E-state index contributed by atoms with van der Waals surface area (Å²) in [6.45, 7) is 7.26. The first-order valence-corrected chi connectivity index (χ1v) is 7.05. The molecule has 2 aromatic rings. The lowest BCUT2D eigenvalue weighted by Gasteiger charge is -2.07. The molecule has 100 valence electrons. The fourth-order valence-corrected chi connectivity index (χ4v) is 2.66. The number of benzene rings is 1. The second kappa shape index (κ2) is 4.41. The summed E-state index contributed by atoms with van der Waals surface area (Å²) < 4.78 is 2.18. The van der Waals surface area contributed by atoms with E-state index >= 15 is 0 Å². The van der Waals surface area contributed by atoms with Crippen molar-refractivity contribution in [2.45, 2.75) is 46.1 Å². The molecule has 0 spiro atoms. The summed E-state index contributed by atoms with van der Waals surface area (Å²) in [7, 11) is 0. The summed E-state index contributed by atoms with van der Waals surface area (Å²) in [6.07, 6.45) is 2.51. The van der Waals surface area contributed by atoms with Crippen LogP contribution >= 0.6 is 0 Å². The maximum absolute atomic E-state index is 6.33. The Morgan fingerprint density at radius 3 is 2.68 bits per heavy atom. The molecule has 0 saturated heterocycles. The third kappa shape index (κ3) is 2.03. The van der Waals surface area contributed by atoms with Crippen LogP contribution < -0.4 is 5.73 Å². The molecule has 1 saturated carbocycles. The zero-order valence-electron chi connectivity index (χ0n) is 11.9. The molecule has 0 aliphatic heterocycles. The monoisotopic (exact) mass is 255 g/mol. The van der Waals surface area contributed by atoms with E-state index < -0.39 is 0 Å². The second-order valence-electron chi connectivity index (χ2n) is 5.54. The number of imidazole rings is 1. The standard InChI is InChI=1S/C16H21N3/c1-4-19-15(17)14(18-16(19)12-7-8-12)13-9-10(2)5-6-11(13)3/h5-6,9,12H,4,7-8,17H2,1-3H3. The molecule has 3 nitrogen and oxygen atoms in total. The smallest absolute Gasteiger partial charge is 0.131 e. The largest absolute Gasteiger partial charge is 0.383 e. The van der Waals surface area contributed by atoms with Crippen molar-refractivity contribution in [1.82, 2.24) is 9.55 Å². The van der Waals surface area contributed by atoms with Gasteiger partial charge in [-0.3, -0.25) is 0 Å². The molecule has 1 aromatic heterocycles. The Morgan fingerprint density at radius 1 is 1.32 bits per heavy atom. The first-order chi connectivity index (χ1) is 9.11. The lowest BCUT2D eigenvalue weighted by Crippen LogP contribution is -2.04. The van der Waals surface area contributed by atoms with Gasteiger partial charge in [0, 0.05) is 18.0 Å². The van der Waals surface area contributed by atoms with Gasteiger partial charge in [0.15, 0.2) is 0 Å². The number of aryl methyl sites for hydroxylation is 2. The molecule has 19 heavy (non-hydrogen) atoms. The number of nitrogens with zero attached hydrogens (tertiary/aromatic N) is 2. The highest BCUT2D eigenvalue weighted by Crippen LogP contribution is 2.42. The van der Waals surface area contributed by atoms with Crippen LogP contribution in [0.1, 0.15) is 42.6 Å². The van der Waals surface area contributed by atoms with Gasteiger partial charge in [0.1, 0.15) is 17.3 Å². The molecule has 2 N–H and O–H groups in total. The molecule has 1 aromatic carbocycles. The van der Waals surface area contributed by atoms with Crippen LogP contribution in [-0.4, -0.2) is 9.55 Å². The van der Waals surface area contributed by atoms with Gasteiger partial charge in [0.25, 0.3) is 0 Å². The molecule has 0 amide bonds. The fourth-order valence-electron chi connectivity index (χ4n) is 2.66. The van der Waals surface area contributed by atoms with Gasteiger partial charge in [0.05, 0.1) is 0 Å². The van der Waals surface area contributed by atoms with Crippen molar-refractivity contribution in [1.29, 1.82) is 0 Å². The third-order valence-corrected chi connectivity index (χ3v) is 3.94. The van der Waals surface area contributed by atoms with E-state index in [1.54, 1.807) is 0 Å². The van der Waals surface area contributed by atoms with Crippen molar-refractivity contribution >= 4 is 5.82 Å². The fraction of sp³-hybridized carbons (Fsp3) is 0.438. The molecule has 1 fully saturated rings. The van der Waals surface area contributed by atoms with Crippen LogP contribution in [0.2, 0.25) is 0 Å². The molecule has 3 heteroatoms. The number of hydrogen-bond donors (Lipinski definition) is 1. The predicted molar refractivity (Wildman–Crippen MR) is 79.2 cm³/mol. The first-order valence-electron chi connectivity index (χ1n) is 7.05. The van der Waals surface area contributed by atoms with Crippen molar-refractivity contribution in [3.05, 3.63) is 35.2 Å². The minimum absolute atomic E-state index is 0.626. The summed E-state index contributed by atoms with van der Waals surface area (Å²) in [4.78, 5) is 4.85. The van der Waals surface area contributed by atoms with Gasteiger partial charge >= 0.3 is 0 Å². The molecule has 0 unspecified atom stereocenters. The van der Waals surface area contributed by atoms with Gasteiger partial charge in [-0.2, -0.15) is 0 Å². The minimum Gasteiger partial charge on any atom is -0.383 e. The van der Waals surface area contributed by atoms with Crippen LogP contribution in [0.15, 0.2) is 18.2 Å². The van der Waals surface area contributed by atoms with Crippen LogP contribution in [0.4, 0.5) is 5.82 Å². The summed E-state index contributed by atoms with van der Waals surface area (Å²) in [5.41, 5.74) is 11.0. The number of anilines is 1. The topological polar surface area (TPSA) is 43.8 Å². The number of nitrogens with two attached hydrogens (primary N) is 1. The third-order valence-electron chi connectivity index (χ3n) is 3.94. The molecule has 1 heterocycles. The first kappa shape index (κ1) is 12.3. The summed E-state index contributed by atoms with van der Waals surface area (Å²) in [5.74, 6) is 2.62. The Hall–Kier alpha value is -1.77. The summed E-state index contributed by atoms with van der Waals surface area (Å²) in [5, 5.41) is 0. The summed E-state index contributed by atoms with van der Waals surface area (Å²) in [6, 6.07) is 6.46. The second-order valence-corrected chi connectivity index (χ2v) is 5.54. The van der Waals surface area contributed by atoms with Crippen LogP contribution in [-0.2, 0) is 6.54 Å². The maximum atomic E-state index is 6.33. The quantitative estimate of drug-likeness (QED) is 0.909. The van der Waals surface area contributed by atoms with Crippen LogP contribution in [0.5, 0.6) is 0 Å². The average Bonchev–Trinajstić information content (AvgIpc) is 3.17. The van der Waals surface area contributed by atoms with E-state index in [9.17, 15) is 0 Å². The van der Waals surface area contributed by atoms with E-state index in [1.165, 1.54) is 35.4 Å². The number of nitrogen functional groups attached to an aromatic ring is 1. The van der Waals surface area contributed by atoms with Gasteiger partial charge in [-0.15, -0.1) is 0 Å². The zero-order valence-corrected chi connectivity index (χ0v) is 11.9. The van der Waals surface area contributed by atoms with E-state index in [2.05, 4.69) is 43.5 Å². The molecule has 1 aliphatic carbocycles. The van der Waals surface area contributed by atoms with Crippen LogP contribution in [0, 0.1) is 13.8 Å². The van der Waals surface area contributed by atoms with Crippen molar-refractivity contribution < 1.29 is 0 Å². The normalized spacial score (nSPS) is 14.9. The maximum Gasteiger partial charge on any atom is 0.131 e. The van der Waals surface area contributed by atoms with Gasteiger partial charge in [-0.25, -0.2) is 4.98 Å². The lowest BCUT2D eigenvalue weighted by molar-refractivity contribution is 0.708. The van der Waals surface area contributed by atoms with Gasteiger partial charge in [-0.05, 0) is 45.2 Å². The van der Waals surface area contributed by atoms with Gasteiger partial charge in [-0.1, -0.05) is 17.7 Å². The van der Waals surface area contributed by atoms with E-state index in [-0.39, 0.29) is 0 Å². The number of hydrogen-bond acceptors (Lipinski definition) is 2. The van der Waals surface area contributed by atoms with Crippen LogP contribution in [0.3, 0.4) is 0 Å². The molecule has 1 aliphatic rings. The number of aromatic nitrogens is 2. The van der Waals surface area contributed by atoms with E-state index in [1.807, 2.05) is 0 Å². The number of rotatable bonds is 3. The lowest BCUT2D eigenvalue weighted by atomic mass is 10.0. The van der Waals surface area contributed by atoms with Crippen LogP contribution in [0.25, 0.3) is 11.3 Å². The van der Waals surface area contributed by atoms with Gasteiger partial charge < -0.3 is 10.3 Å². The molecule has 0 atom stereocenters. The van der Waals surface area contributed by atoms with Crippen molar-refractivity contribution in [3.8, 4) is 11.3 Å². The molecule has 3 rings (SSSR count). The Balaban J connectivity index is 2.17. The molecule has 0 bridgehead atoms. The molecular weight excluding hydrogens is 234 g/mol. The average molecular weight is 255 g/mol. The minimum atomic E-state index is 0.626. The summed E-state index contributed by atoms with van der Waals surface area (Å²) >= 11 is 0. The van der Waals surface area contributed by atoms with Gasteiger partial charge in [0.2, 0.25) is 0 Å². The van der Waals surface area contributed by atoms with E-state index in [0.717, 1.165) is 18.1 Å². The Bertz CT molecular complexity index is 621. The Kier molecular flexibility index (Phi) is 2.85. The van der Waals surface area contributed by atoms with Crippen molar-refractivity contribution in [3.63, 3.8) is 0 Å². The van der Waals surface area contributed by atoms with Crippen molar-refractivity contribution in [2.75, 3.05) is 5.73 Å². The highest BCUT2D eigenvalue weighted by atomic mass is 15.1. The zero-order chi connectivity index (χ0) is 13.6. The molecule has 0 radical (unpaired) electrons. The molecular formula is C16H21N3. The van der Waals surface area contributed by atoms with Crippen molar-refractivity contribution in [2.24, 2.45) is 0 Å². The Labute approximate surface area is 114 Å². The van der Waals surface area contributed by atoms with E-state index in [0.29, 0.717) is 5.92 Å². The SMILES string of the molecule is CCn1c(C2CC2)nc(-c2cc(C)ccc2C)c1N. The Morgan fingerprint density at radius 2 is 2.05 bits per heavy atom. The predicted octanol–water partition coefficient (Wildman–Crippen LogP) is 3.65. The highest BCUT2D eigenvalue weighted by molar-refractivity contribution is 5.74.